The summed E-state index contributed by atoms with van der Waals surface area (Å²) in [5.74, 6) is 0.450. The van der Waals surface area contributed by atoms with Crippen LogP contribution in [0.4, 0.5) is 0 Å². The van der Waals surface area contributed by atoms with Gasteiger partial charge in [0.25, 0.3) is 0 Å². The highest BCUT2D eigenvalue weighted by atomic mass is 35.5. The van der Waals surface area contributed by atoms with Gasteiger partial charge in [0.2, 0.25) is 0 Å². The van der Waals surface area contributed by atoms with Crippen molar-refractivity contribution in [1.82, 2.24) is 14.5 Å². The zero-order valence-corrected chi connectivity index (χ0v) is 33.6. The first-order valence-electron chi connectivity index (χ1n) is 18.0. The number of ether oxygens (including phenoxy) is 4. The SMILES string of the molecule is CC(C)(C)[Si](C)(C)O[C@@H]1CO[C@H]2[C@@H]1OC[C@H]2Oc1nc2cc(Cl)c(-c3ccc(C4CCC(N=[N+]=[N-])CC4)cc3)nc2n1COCC[Si](C)(C)C. The zero-order chi connectivity index (χ0) is 35.8. The van der Waals surface area contributed by atoms with Gasteiger partial charge in [0.1, 0.15) is 24.5 Å². The monoisotopic (exact) mass is 740 g/mol. The molecular weight excluding hydrogens is 688 g/mol. The Morgan fingerprint density at radius 2 is 1.64 bits per heavy atom. The highest BCUT2D eigenvalue weighted by molar-refractivity contribution is 6.76. The molecule has 0 radical (unpaired) electrons. The molecule has 272 valence electrons. The van der Waals surface area contributed by atoms with E-state index in [0.29, 0.717) is 53.6 Å². The smallest absolute Gasteiger partial charge is 0.301 e. The summed E-state index contributed by atoms with van der Waals surface area (Å²) in [6.07, 6.45) is 2.93. The standard InChI is InChI=1S/C36H53ClN6O5Si2/c1-36(2,3)50(7,8)48-30-21-46-32-29(20-45-33(30)32)47-35-39-28-19-27(37)31(40-34(28)43(35)22-44-17-18-49(4,5)6)25-11-9-23(10-12-25)24-13-15-26(16-14-24)41-42-38/h9-12,19,24,26,29-30,32-33H,13-18,20-22H2,1-8H3/t24?,26?,29-,30-,32-,33-/m1/s1. The summed E-state index contributed by atoms with van der Waals surface area (Å²) >= 11 is 6.89. The highest BCUT2D eigenvalue weighted by Crippen LogP contribution is 2.41. The Morgan fingerprint density at radius 1 is 0.980 bits per heavy atom. The second kappa shape index (κ2) is 14.9. The third-order valence-electron chi connectivity index (χ3n) is 10.9. The largest absolute Gasteiger partial charge is 0.456 e. The lowest BCUT2D eigenvalue weighted by atomic mass is 9.82. The van der Waals surface area contributed by atoms with Crippen molar-refractivity contribution in [2.75, 3.05) is 19.8 Å². The van der Waals surface area contributed by atoms with Crippen LogP contribution in [-0.2, 0) is 25.4 Å². The topological polar surface area (TPSA) is 126 Å². The summed E-state index contributed by atoms with van der Waals surface area (Å²) in [6.45, 7) is 20.0. The number of nitrogens with zero attached hydrogens (tertiary/aromatic N) is 6. The van der Waals surface area contributed by atoms with Gasteiger partial charge >= 0.3 is 6.01 Å². The van der Waals surface area contributed by atoms with Gasteiger partial charge in [0.05, 0.1) is 30.0 Å². The van der Waals surface area contributed by atoms with Crippen LogP contribution in [-0.4, -0.2) is 81.2 Å². The predicted molar refractivity (Wildman–Crippen MR) is 202 cm³/mol. The van der Waals surface area contributed by atoms with Crippen LogP contribution in [0.2, 0.25) is 48.8 Å². The molecule has 6 rings (SSSR count). The second-order valence-electron chi connectivity index (χ2n) is 16.8. The van der Waals surface area contributed by atoms with E-state index in [4.69, 9.17) is 50.5 Å². The molecule has 0 spiro atoms. The van der Waals surface area contributed by atoms with Gasteiger partial charge in [0.15, 0.2) is 20.1 Å². The molecule has 2 saturated heterocycles. The molecule has 0 N–H and O–H groups in total. The van der Waals surface area contributed by atoms with Crippen molar-refractivity contribution in [3.05, 3.63) is 51.4 Å². The van der Waals surface area contributed by atoms with Crippen LogP contribution in [0.25, 0.3) is 32.9 Å². The summed E-state index contributed by atoms with van der Waals surface area (Å²) < 4.78 is 34.0. The molecule has 14 heteroatoms. The first-order valence-corrected chi connectivity index (χ1v) is 25.0. The Morgan fingerprint density at radius 3 is 2.28 bits per heavy atom. The minimum atomic E-state index is -2.01. The van der Waals surface area contributed by atoms with Crippen LogP contribution in [0, 0.1) is 0 Å². The van der Waals surface area contributed by atoms with Gasteiger partial charge in [-0.1, -0.05) is 81.4 Å². The molecule has 4 atom stereocenters. The van der Waals surface area contributed by atoms with E-state index in [1.807, 2.05) is 10.6 Å². The molecule has 3 aliphatic rings. The molecule has 1 aliphatic carbocycles. The third kappa shape index (κ3) is 8.26. The van der Waals surface area contributed by atoms with E-state index < -0.39 is 16.4 Å². The molecule has 2 aliphatic heterocycles. The Labute approximate surface area is 303 Å². The van der Waals surface area contributed by atoms with Gasteiger partial charge in [-0.25, -0.2) is 4.98 Å². The van der Waals surface area contributed by atoms with Crippen LogP contribution in [0.15, 0.2) is 35.4 Å². The van der Waals surface area contributed by atoms with Crippen molar-refractivity contribution in [1.29, 1.82) is 0 Å². The molecule has 3 aromatic rings. The maximum absolute atomic E-state index is 8.80. The average molecular weight is 741 g/mol. The number of halogens is 1. The predicted octanol–water partition coefficient (Wildman–Crippen LogP) is 9.34. The van der Waals surface area contributed by atoms with E-state index in [1.165, 1.54) is 5.56 Å². The molecule has 3 fully saturated rings. The number of hydrogen-bond donors (Lipinski definition) is 0. The van der Waals surface area contributed by atoms with Crippen LogP contribution in [0.3, 0.4) is 0 Å². The van der Waals surface area contributed by atoms with E-state index in [2.05, 4.69) is 87.8 Å². The highest BCUT2D eigenvalue weighted by Gasteiger charge is 2.52. The second-order valence-corrected chi connectivity index (χ2v) is 27.6. The fraction of sp³-hybridized carbons (Fsp3) is 0.667. The summed E-state index contributed by atoms with van der Waals surface area (Å²) in [5.41, 5.74) is 13.0. The summed E-state index contributed by atoms with van der Waals surface area (Å²) in [7, 11) is -3.30. The quantitative estimate of drug-likeness (QED) is 0.0596. The lowest BCUT2D eigenvalue weighted by molar-refractivity contribution is 0.00687. The first kappa shape index (κ1) is 37.3. The normalized spacial score (nSPS) is 25.9. The summed E-state index contributed by atoms with van der Waals surface area (Å²) in [6, 6.07) is 11.9. The van der Waals surface area contributed by atoms with Crippen molar-refractivity contribution < 1.29 is 23.4 Å². The van der Waals surface area contributed by atoms with Gasteiger partial charge in [0, 0.05) is 31.2 Å². The van der Waals surface area contributed by atoms with Gasteiger partial charge in [-0.2, -0.15) is 4.98 Å². The lowest BCUT2D eigenvalue weighted by Gasteiger charge is -2.39. The van der Waals surface area contributed by atoms with E-state index >= 15 is 0 Å². The molecule has 0 amide bonds. The number of azide groups is 1. The molecule has 50 heavy (non-hydrogen) atoms. The number of rotatable bonds is 12. The van der Waals surface area contributed by atoms with Gasteiger partial charge in [-0.05, 0) is 72.9 Å². The third-order valence-corrected chi connectivity index (χ3v) is 17.4. The van der Waals surface area contributed by atoms with Crippen molar-refractivity contribution in [3.8, 4) is 17.3 Å². The molecule has 1 saturated carbocycles. The van der Waals surface area contributed by atoms with Crippen molar-refractivity contribution in [2.45, 2.75) is 133 Å². The molecule has 11 nitrogen and oxygen atoms in total. The fourth-order valence-electron chi connectivity index (χ4n) is 6.78. The first-order chi connectivity index (χ1) is 23.6. The molecule has 2 aromatic heterocycles. The number of hydrogen-bond acceptors (Lipinski definition) is 8. The molecular formula is C36H53ClN6O5Si2. The van der Waals surface area contributed by atoms with Crippen LogP contribution >= 0.6 is 11.6 Å². The maximum Gasteiger partial charge on any atom is 0.301 e. The average Bonchev–Trinajstić information content (AvgIpc) is 3.73. The number of benzene rings is 1. The van der Waals surface area contributed by atoms with Gasteiger partial charge in [-0.15, -0.1) is 0 Å². The summed E-state index contributed by atoms with van der Waals surface area (Å²) in [5, 5.41) is 4.53. The van der Waals surface area contributed by atoms with Crippen LogP contribution < -0.4 is 4.74 Å². The van der Waals surface area contributed by atoms with E-state index in [9.17, 15) is 0 Å². The number of aromatic nitrogens is 3. The van der Waals surface area contributed by atoms with E-state index in [0.717, 1.165) is 37.3 Å². The van der Waals surface area contributed by atoms with Crippen LogP contribution in [0.1, 0.15) is 57.9 Å². The van der Waals surface area contributed by atoms with Crippen molar-refractivity contribution >= 4 is 39.2 Å². The van der Waals surface area contributed by atoms with Crippen molar-refractivity contribution in [3.63, 3.8) is 0 Å². The van der Waals surface area contributed by atoms with Crippen LogP contribution in [0.5, 0.6) is 6.01 Å². The molecule has 0 unspecified atom stereocenters. The van der Waals surface area contributed by atoms with Gasteiger partial charge < -0.3 is 23.4 Å². The minimum absolute atomic E-state index is 0.0869. The minimum Gasteiger partial charge on any atom is -0.456 e. The zero-order valence-electron chi connectivity index (χ0n) is 30.8. The van der Waals surface area contributed by atoms with E-state index in [1.54, 1.807) is 0 Å². The number of pyridine rings is 1. The summed E-state index contributed by atoms with van der Waals surface area (Å²) in [4.78, 5) is 12.9. The lowest BCUT2D eigenvalue weighted by Crippen LogP contribution is -2.47. The molecule has 0 bridgehead atoms. The fourth-order valence-corrected chi connectivity index (χ4v) is 9.10. The number of fused-ring (bicyclic) bond motifs is 2. The number of imidazole rings is 1. The Balaban J connectivity index is 1.23. The Kier molecular flexibility index (Phi) is 11.1. The molecule has 1 aromatic carbocycles. The van der Waals surface area contributed by atoms with E-state index in [-0.39, 0.29) is 42.2 Å². The Bertz CT molecular complexity index is 1690. The maximum atomic E-state index is 8.80. The van der Waals surface area contributed by atoms with Crippen molar-refractivity contribution in [2.24, 2.45) is 5.11 Å². The Hall–Kier alpha value is -2.49. The molecule has 4 heterocycles. The van der Waals surface area contributed by atoms with Gasteiger partial charge in [-0.3, -0.25) is 4.57 Å².